The number of primary sulfonamides is 1. The maximum absolute atomic E-state index is 12.5. The van der Waals surface area contributed by atoms with Crippen molar-refractivity contribution in [2.24, 2.45) is 5.14 Å². The van der Waals surface area contributed by atoms with Gasteiger partial charge in [-0.3, -0.25) is 9.59 Å². The first-order chi connectivity index (χ1) is 10.3. The van der Waals surface area contributed by atoms with Gasteiger partial charge in [0.2, 0.25) is 10.0 Å². The van der Waals surface area contributed by atoms with Crippen LogP contribution in [0.15, 0.2) is 51.8 Å². The number of carbonyl (C=O) groups is 2. The van der Waals surface area contributed by atoms with Crippen molar-refractivity contribution in [3.63, 3.8) is 0 Å². The molecule has 0 bridgehead atoms. The van der Waals surface area contributed by atoms with Gasteiger partial charge in [0.05, 0.1) is 16.8 Å². The third-order valence-electron chi connectivity index (χ3n) is 3.27. The fraction of sp³-hybridized carbons (Fsp3) is 0. The molecule has 2 amide bonds. The van der Waals surface area contributed by atoms with Gasteiger partial charge in [0, 0.05) is 4.47 Å². The van der Waals surface area contributed by atoms with Crippen molar-refractivity contribution in [1.82, 2.24) is 0 Å². The number of benzene rings is 2. The molecule has 2 aromatic rings. The Morgan fingerprint density at radius 3 is 1.95 bits per heavy atom. The van der Waals surface area contributed by atoms with Crippen molar-refractivity contribution in [2.45, 2.75) is 4.90 Å². The molecule has 0 saturated heterocycles. The molecule has 0 atom stereocenters. The predicted molar refractivity (Wildman–Crippen MR) is 83.1 cm³/mol. The first-order valence-corrected chi connectivity index (χ1v) is 8.45. The summed E-state index contributed by atoms with van der Waals surface area (Å²) < 4.78 is 23.8. The number of hydrogen-bond donors (Lipinski definition) is 1. The van der Waals surface area contributed by atoms with E-state index in [0.29, 0.717) is 0 Å². The second kappa shape index (κ2) is 5.01. The molecule has 0 radical (unpaired) electrons. The highest BCUT2D eigenvalue weighted by molar-refractivity contribution is 9.10. The van der Waals surface area contributed by atoms with Crippen LogP contribution in [0.2, 0.25) is 0 Å². The lowest BCUT2D eigenvalue weighted by Crippen LogP contribution is -2.31. The Bertz CT molecular complexity index is 889. The van der Waals surface area contributed by atoms with Crippen LogP contribution in [0.1, 0.15) is 20.7 Å². The van der Waals surface area contributed by atoms with Gasteiger partial charge in [-0.1, -0.05) is 18.2 Å². The normalized spacial score (nSPS) is 14.4. The van der Waals surface area contributed by atoms with Crippen molar-refractivity contribution >= 4 is 43.5 Å². The first-order valence-electron chi connectivity index (χ1n) is 6.11. The monoisotopic (exact) mass is 380 g/mol. The summed E-state index contributed by atoms with van der Waals surface area (Å²) in [5.41, 5.74) is 0.392. The van der Waals surface area contributed by atoms with E-state index < -0.39 is 21.8 Å². The number of halogens is 1. The fourth-order valence-electron chi connectivity index (χ4n) is 2.36. The SMILES string of the molecule is NS(=O)(=O)c1c(Br)cccc1N1C(=O)c2ccccc2C1=O. The van der Waals surface area contributed by atoms with Crippen LogP contribution in [0, 0.1) is 0 Å². The third kappa shape index (κ3) is 2.16. The van der Waals surface area contributed by atoms with Crippen molar-refractivity contribution in [1.29, 1.82) is 0 Å². The van der Waals surface area contributed by atoms with Crippen molar-refractivity contribution < 1.29 is 18.0 Å². The number of hydrogen-bond acceptors (Lipinski definition) is 4. The molecule has 0 aromatic heterocycles. The maximum Gasteiger partial charge on any atom is 0.266 e. The van der Waals surface area contributed by atoms with Gasteiger partial charge in [0.25, 0.3) is 11.8 Å². The Morgan fingerprint density at radius 1 is 0.909 bits per heavy atom. The van der Waals surface area contributed by atoms with Gasteiger partial charge in [0.15, 0.2) is 0 Å². The van der Waals surface area contributed by atoms with Crippen molar-refractivity contribution in [2.75, 3.05) is 4.90 Å². The molecule has 6 nitrogen and oxygen atoms in total. The van der Waals surface area contributed by atoms with Crippen LogP contribution >= 0.6 is 15.9 Å². The average Bonchev–Trinajstić information content (AvgIpc) is 2.70. The van der Waals surface area contributed by atoms with Gasteiger partial charge in [0.1, 0.15) is 4.90 Å². The van der Waals surface area contributed by atoms with Crippen LogP contribution in [0.3, 0.4) is 0 Å². The average molecular weight is 381 g/mol. The quantitative estimate of drug-likeness (QED) is 0.804. The highest BCUT2D eigenvalue weighted by Crippen LogP contribution is 2.36. The second-order valence-corrected chi connectivity index (χ2v) is 6.98. The number of carbonyl (C=O) groups excluding carboxylic acids is 2. The molecule has 2 aromatic carbocycles. The van der Waals surface area contributed by atoms with Gasteiger partial charge in [-0.15, -0.1) is 0 Å². The van der Waals surface area contributed by atoms with Crippen molar-refractivity contribution in [3.8, 4) is 0 Å². The van der Waals surface area contributed by atoms with E-state index >= 15 is 0 Å². The Balaban J connectivity index is 2.26. The van der Waals surface area contributed by atoms with E-state index in [2.05, 4.69) is 15.9 Å². The molecule has 22 heavy (non-hydrogen) atoms. The fourth-order valence-corrected chi connectivity index (χ4v) is 4.19. The number of sulfonamides is 1. The number of nitrogens with zero attached hydrogens (tertiary/aromatic N) is 1. The molecule has 0 aliphatic carbocycles. The summed E-state index contributed by atoms with van der Waals surface area (Å²) in [5, 5.41) is 5.21. The Labute approximate surface area is 134 Å². The molecule has 0 saturated carbocycles. The second-order valence-electron chi connectivity index (χ2n) is 4.62. The molecule has 3 rings (SSSR count). The number of nitrogens with two attached hydrogens (primary N) is 1. The standard InChI is InChI=1S/C14H9BrN2O4S/c15-10-6-3-7-11(12(10)22(16,20)21)17-13(18)8-4-1-2-5-9(8)14(17)19/h1-7H,(H2,16,20,21). The van der Waals surface area contributed by atoms with E-state index in [0.717, 1.165) is 4.90 Å². The number of imide groups is 1. The van der Waals surface area contributed by atoms with Crippen LogP contribution in [-0.4, -0.2) is 20.2 Å². The molecule has 1 heterocycles. The summed E-state index contributed by atoms with van der Waals surface area (Å²) in [6.07, 6.45) is 0. The minimum Gasteiger partial charge on any atom is -0.268 e. The number of rotatable bonds is 2. The summed E-state index contributed by atoms with van der Waals surface area (Å²) in [4.78, 5) is 25.4. The topological polar surface area (TPSA) is 97.5 Å². The first kappa shape index (κ1) is 14.9. The number of fused-ring (bicyclic) bond motifs is 1. The zero-order chi connectivity index (χ0) is 16.1. The minimum atomic E-state index is -4.13. The van der Waals surface area contributed by atoms with Crippen LogP contribution in [0.5, 0.6) is 0 Å². The molecular weight excluding hydrogens is 372 g/mol. The van der Waals surface area contributed by atoms with E-state index in [9.17, 15) is 18.0 Å². The number of amides is 2. The van der Waals surface area contributed by atoms with Gasteiger partial charge < -0.3 is 0 Å². The molecule has 0 fully saturated rings. The zero-order valence-corrected chi connectivity index (χ0v) is 13.4. The molecule has 112 valence electrons. The summed E-state index contributed by atoms with van der Waals surface area (Å²) in [6.45, 7) is 0. The number of anilines is 1. The van der Waals surface area contributed by atoms with Gasteiger partial charge in [-0.25, -0.2) is 18.5 Å². The van der Waals surface area contributed by atoms with Crippen molar-refractivity contribution in [3.05, 3.63) is 58.1 Å². The molecule has 1 aliphatic heterocycles. The van der Waals surface area contributed by atoms with Gasteiger partial charge >= 0.3 is 0 Å². The molecule has 8 heteroatoms. The Morgan fingerprint density at radius 2 is 1.45 bits per heavy atom. The zero-order valence-electron chi connectivity index (χ0n) is 11.0. The maximum atomic E-state index is 12.5. The van der Waals surface area contributed by atoms with E-state index in [4.69, 9.17) is 5.14 Å². The minimum absolute atomic E-state index is 0.0666. The molecule has 2 N–H and O–H groups in total. The van der Waals surface area contributed by atoms with Crippen LogP contribution < -0.4 is 10.0 Å². The van der Waals surface area contributed by atoms with Crippen LogP contribution in [0.4, 0.5) is 5.69 Å². The highest BCUT2D eigenvalue weighted by atomic mass is 79.9. The van der Waals surface area contributed by atoms with Crippen LogP contribution in [0.25, 0.3) is 0 Å². The lowest BCUT2D eigenvalue weighted by Gasteiger charge is -2.18. The Hall–Kier alpha value is -2.03. The molecular formula is C14H9BrN2O4S. The lowest BCUT2D eigenvalue weighted by atomic mass is 10.1. The third-order valence-corrected chi connectivity index (χ3v) is 5.19. The van der Waals surface area contributed by atoms with Crippen LogP contribution in [-0.2, 0) is 10.0 Å². The van der Waals surface area contributed by atoms with E-state index in [1.807, 2.05) is 0 Å². The van der Waals surface area contributed by atoms with Gasteiger partial charge in [-0.05, 0) is 40.2 Å². The molecule has 0 unspecified atom stereocenters. The summed E-state index contributed by atoms with van der Waals surface area (Å²) in [6, 6.07) is 10.7. The summed E-state index contributed by atoms with van der Waals surface area (Å²) in [7, 11) is -4.13. The molecule has 1 aliphatic rings. The largest absolute Gasteiger partial charge is 0.268 e. The van der Waals surface area contributed by atoms with Gasteiger partial charge in [-0.2, -0.15) is 0 Å². The predicted octanol–water partition coefficient (Wildman–Crippen LogP) is 1.90. The van der Waals surface area contributed by atoms with E-state index in [1.54, 1.807) is 12.1 Å². The van der Waals surface area contributed by atoms with E-state index in [-0.39, 0.29) is 26.2 Å². The Kier molecular flexibility index (Phi) is 3.39. The summed E-state index contributed by atoms with van der Waals surface area (Å²) >= 11 is 3.10. The highest BCUT2D eigenvalue weighted by Gasteiger charge is 2.39. The smallest absolute Gasteiger partial charge is 0.266 e. The summed E-state index contributed by atoms with van der Waals surface area (Å²) in [5.74, 6) is -1.16. The lowest BCUT2D eigenvalue weighted by molar-refractivity contribution is 0.0925. The van der Waals surface area contributed by atoms with E-state index in [1.165, 1.54) is 30.3 Å². The molecule has 0 spiro atoms.